The molecule has 2 heterocycles. The first-order valence-corrected chi connectivity index (χ1v) is 10.8. The molecule has 0 spiro atoms. The second-order valence-electron chi connectivity index (χ2n) is 6.01. The highest BCUT2D eigenvalue weighted by atomic mass is 35.5. The predicted octanol–water partition coefficient (Wildman–Crippen LogP) is 5.34. The maximum absolute atomic E-state index is 13.7. The van der Waals surface area contributed by atoms with Crippen LogP contribution >= 0.6 is 34.7 Å². The molecule has 29 heavy (non-hydrogen) atoms. The molecule has 6 nitrogen and oxygen atoms in total. The number of halogens is 2. The Morgan fingerprint density at radius 2 is 2.10 bits per heavy atom. The average Bonchev–Trinajstić information content (AvgIpc) is 3.33. The van der Waals surface area contributed by atoms with Gasteiger partial charge in [-0.1, -0.05) is 40.7 Å². The van der Waals surface area contributed by atoms with Crippen molar-refractivity contribution in [1.82, 2.24) is 15.1 Å². The van der Waals surface area contributed by atoms with Crippen LogP contribution in [0, 0.1) is 5.82 Å². The molecule has 0 aliphatic heterocycles. The number of rotatable bonds is 7. The lowest BCUT2D eigenvalue weighted by Crippen LogP contribution is -2.13. The van der Waals surface area contributed by atoms with E-state index in [0.717, 1.165) is 20.6 Å². The number of hydrogen-bond acceptors (Lipinski definition) is 7. The number of aryl methyl sites for hydroxylation is 1. The van der Waals surface area contributed by atoms with Crippen molar-refractivity contribution in [3.8, 4) is 0 Å². The van der Waals surface area contributed by atoms with Crippen molar-refractivity contribution >= 4 is 56.5 Å². The van der Waals surface area contributed by atoms with Crippen molar-refractivity contribution in [3.63, 3.8) is 0 Å². The fraction of sp³-hybridized carbons (Fsp3) is 0.158. The van der Waals surface area contributed by atoms with E-state index in [1.165, 1.54) is 23.9 Å². The predicted molar refractivity (Wildman–Crippen MR) is 112 cm³/mol. The van der Waals surface area contributed by atoms with Crippen LogP contribution in [0.2, 0.25) is 5.02 Å². The van der Waals surface area contributed by atoms with E-state index in [0.29, 0.717) is 17.5 Å². The molecule has 0 bridgehead atoms. The van der Waals surface area contributed by atoms with Gasteiger partial charge in [-0.3, -0.25) is 4.79 Å². The lowest BCUT2D eigenvalue weighted by molar-refractivity contribution is -0.116. The number of anilines is 1. The molecule has 2 aromatic carbocycles. The smallest absolute Gasteiger partial charge is 0.227 e. The summed E-state index contributed by atoms with van der Waals surface area (Å²) in [5, 5.41) is 6.70. The topological polar surface area (TPSA) is 80.9 Å². The Hall–Kier alpha value is -2.49. The van der Waals surface area contributed by atoms with Gasteiger partial charge in [-0.15, -0.1) is 11.3 Å². The van der Waals surface area contributed by atoms with Crippen LogP contribution in [0.15, 0.2) is 51.3 Å². The van der Waals surface area contributed by atoms with Gasteiger partial charge >= 0.3 is 0 Å². The van der Waals surface area contributed by atoms with Crippen LogP contribution in [-0.2, 0) is 17.0 Å². The van der Waals surface area contributed by atoms with E-state index in [2.05, 4.69) is 20.4 Å². The summed E-state index contributed by atoms with van der Waals surface area (Å²) in [6.07, 6.45) is 0.356. The van der Waals surface area contributed by atoms with Gasteiger partial charge in [0.1, 0.15) is 5.82 Å². The molecule has 10 heteroatoms. The highest BCUT2D eigenvalue weighted by Gasteiger charge is 2.12. The SMILES string of the molecule is O=C(CCc1nc(CSc2nc3ccccc3s2)no1)Nc1ccc(Cl)cc1F. The molecular weight excluding hydrogens is 435 g/mol. The van der Waals surface area contributed by atoms with E-state index in [1.54, 1.807) is 11.3 Å². The van der Waals surface area contributed by atoms with Crippen LogP contribution in [0.1, 0.15) is 18.1 Å². The Morgan fingerprint density at radius 1 is 1.24 bits per heavy atom. The molecule has 4 aromatic rings. The van der Waals surface area contributed by atoms with Gasteiger partial charge < -0.3 is 9.84 Å². The van der Waals surface area contributed by atoms with E-state index in [1.807, 2.05) is 24.3 Å². The van der Waals surface area contributed by atoms with E-state index >= 15 is 0 Å². The first kappa shape index (κ1) is 19.8. The van der Waals surface area contributed by atoms with Crippen molar-refractivity contribution in [2.45, 2.75) is 22.9 Å². The standard InChI is InChI=1S/C19H14ClFN4O2S2/c20-11-5-6-13(12(21)9-11)22-17(26)7-8-18-24-16(25-27-18)10-28-19-23-14-3-1-2-4-15(14)29-19/h1-6,9H,7-8,10H2,(H,22,26). The quantitative estimate of drug-likeness (QED) is 0.384. The van der Waals surface area contributed by atoms with Crippen molar-refractivity contribution in [1.29, 1.82) is 0 Å². The molecule has 1 N–H and O–H groups in total. The van der Waals surface area contributed by atoms with Crippen molar-refractivity contribution < 1.29 is 13.7 Å². The minimum Gasteiger partial charge on any atom is -0.339 e. The molecule has 2 aromatic heterocycles. The van der Waals surface area contributed by atoms with Gasteiger partial charge in [0, 0.05) is 17.9 Å². The maximum Gasteiger partial charge on any atom is 0.227 e. The van der Waals surface area contributed by atoms with Gasteiger partial charge in [0.2, 0.25) is 11.8 Å². The second-order valence-corrected chi connectivity index (χ2v) is 8.70. The zero-order valence-electron chi connectivity index (χ0n) is 14.9. The minimum absolute atomic E-state index is 0.0813. The monoisotopic (exact) mass is 448 g/mol. The third-order valence-corrected chi connectivity index (χ3v) is 6.29. The second kappa shape index (κ2) is 8.89. The molecule has 148 valence electrons. The number of thiazole rings is 1. The molecule has 0 radical (unpaired) electrons. The molecule has 0 fully saturated rings. The van der Waals surface area contributed by atoms with E-state index in [4.69, 9.17) is 16.1 Å². The highest BCUT2D eigenvalue weighted by Crippen LogP contribution is 2.30. The summed E-state index contributed by atoms with van der Waals surface area (Å²) in [5.41, 5.74) is 1.05. The molecule has 0 saturated heterocycles. The molecule has 0 unspecified atom stereocenters. The Labute approximate surface area is 178 Å². The van der Waals surface area contributed by atoms with Crippen LogP contribution in [0.4, 0.5) is 10.1 Å². The largest absolute Gasteiger partial charge is 0.339 e. The summed E-state index contributed by atoms with van der Waals surface area (Å²) < 4.78 is 21.0. The average molecular weight is 449 g/mol. The Morgan fingerprint density at radius 3 is 2.93 bits per heavy atom. The Kier molecular flexibility index (Phi) is 6.08. The first-order valence-electron chi connectivity index (χ1n) is 8.61. The van der Waals surface area contributed by atoms with Gasteiger partial charge in [-0.05, 0) is 30.3 Å². The lowest BCUT2D eigenvalue weighted by atomic mass is 10.2. The van der Waals surface area contributed by atoms with Crippen molar-refractivity contribution in [2.75, 3.05) is 5.32 Å². The van der Waals surface area contributed by atoms with Crippen LogP contribution in [0.3, 0.4) is 0 Å². The van der Waals surface area contributed by atoms with Crippen LogP contribution in [0.25, 0.3) is 10.2 Å². The number of para-hydroxylation sites is 1. The number of nitrogens with one attached hydrogen (secondary N) is 1. The number of carbonyl (C=O) groups excluding carboxylic acids is 1. The van der Waals surface area contributed by atoms with Crippen LogP contribution in [0.5, 0.6) is 0 Å². The fourth-order valence-electron chi connectivity index (χ4n) is 2.51. The summed E-state index contributed by atoms with van der Waals surface area (Å²) >= 11 is 8.84. The molecule has 0 saturated carbocycles. The Bertz CT molecular complexity index is 1130. The number of amides is 1. The number of nitrogens with zero attached hydrogens (tertiary/aromatic N) is 3. The van der Waals surface area contributed by atoms with Gasteiger partial charge in [-0.25, -0.2) is 9.37 Å². The minimum atomic E-state index is -0.585. The summed E-state index contributed by atoms with van der Waals surface area (Å²) in [7, 11) is 0. The van der Waals surface area contributed by atoms with Gasteiger partial charge in [0.15, 0.2) is 10.2 Å². The number of fused-ring (bicyclic) bond motifs is 1. The summed E-state index contributed by atoms with van der Waals surface area (Å²) in [6, 6.07) is 12.0. The Balaban J connectivity index is 1.28. The fourth-order valence-corrected chi connectivity index (χ4v) is 4.58. The van der Waals surface area contributed by atoms with Gasteiger partial charge in [0.25, 0.3) is 0 Å². The van der Waals surface area contributed by atoms with Crippen LogP contribution < -0.4 is 5.32 Å². The van der Waals surface area contributed by atoms with Crippen molar-refractivity contribution in [3.05, 3.63) is 65.0 Å². The number of hydrogen-bond donors (Lipinski definition) is 1. The molecule has 0 aliphatic rings. The number of thioether (sulfide) groups is 1. The van der Waals surface area contributed by atoms with E-state index in [9.17, 15) is 9.18 Å². The number of carbonyl (C=O) groups is 1. The summed E-state index contributed by atoms with van der Waals surface area (Å²) in [5.74, 6) is 0.476. The van der Waals surface area contributed by atoms with Crippen LogP contribution in [-0.4, -0.2) is 21.0 Å². The summed E-state index contributed by atoms with van der Waals surface area (Å²) in [4.78, 5) is 20.9. The maximum atomic E-state index is 13.7. The molecular formula is C19H14ClFN4O2S2. The number of benzene rings is 2. The highest BCUT2D eigenvalue weighted by molar-refractivity contribution is 8.00. The van der Waals surface area contributed by atoms with Gasteiger partial charge in [-0.2, -0.15) is 4.98 Å². The van der Waals surface area contributed by atoms with E-state index < -0.39 is 5.82 Å². The third-order valence-electron chi connectivity index (χ3n) is 3.88. The zero-order chi connectivity index (χ0) is 20.2. The number of aromatic nitrogens is 3. The zero-order valence-corrected chi connectivity index (χ0v) is 17.3. The van der Waals surface area contributed by atoms with Crippen molar-refractivity contribution in [2.24, 2.45) is 0 Å². The first-order chi connectivity index (χ1) is 14.1. The van der Waals surface area contributed by atoms with E-state index in [-0.39, 0.29) is 29.5 Å². The summed E-state index contributed by atoms with van der Waals surface area (Å²) in [6.45, 7) is 0. The molecule has 0 aliphatic carbocycles. The van der Waals surface area contributed by atoms with Gasteiger partial charge in [0.05, 0.1) is 21.7 Å². The molecule has 0 atom stereocenters. The molecule has 4 rings (SSSR count). The lowest BCUT2D eigenvalue weighted by Gasteiger charge is -2.05. The molecule has 1 amide bonds. The normalized spacial score (nSPS) is 11.1. The third kappa shape index (κ3) is 5.11.